The third-order valence-electron chi connectivity index (χ3n) is 4.03. The lowest BCUT2D eigenvalue weighted by atomic mass is 10.3. The average Bonchev–Trinajstić information content (AvgIpc) is 3.01. The third-order valence-corrected chi connectivity index (χ3v) is 5.07. The predicted molar refractivity (Wildman–Crippen MR) is 101 cm³/mol. The van der Waals surface area contributed by atoms with E-state index in [0.717, 1.165) is 5.52 Å². The van der Waals surface area contributed by atoms with E-state index in [9.17, 15) is 9.18 Å². The lowest BCUT2D eigenvalue weighted by Gasteiger charge is -2.04. The summed E-state index contributed by atoms with van der Waals surface area (Å²) in [5.74, 6) is -0.827. The second kappa shape index (κ2) is 7.34. The highest BCUT2D eigenvalue weighted by atomic mass is 32.1. The van der Waals surface area contributed by atoms with Gasteiger partial charge in [0.05, 0.1) is 34.1 Å². The Morgan fingerprint density at radius 1 is 1.26 bits per heavy atom. The van der Waals surface area contributed by atoms with Gasteiger partial charge in [-0.25, -0.2) is 9.37 Å². The van der Waals surface area contributed by atoms with Crippen LogP contribution in [-0.4, -0.2) is 34.2 Å². The molecule has 0 atom stereocenters. The molecule has 0 aliphatic carbocycles. The van der Waals surface area contributed by atoms with Crippen molar-refractivity contribution < 1.29 is 13.9 Å². The molecule has 27 heavy (non-hydrogen) atoms. The van der Waals surface area contributed by atoms with E-state index in [0.29, 0.717) is 33.7 Å². The molecule has 0 saturated heterocycles. The fraction of sp³-hybridized carbons (Fsp3) is 0.158. The zero-order valence-electron chi connectivity index (χ0n) is 14.4. The second-order valence-corrected chi connectivity index (χ2v) is 6.81. The van der Waals surface area contributed by atoms with E-state index in [1.54, 1.807) is 19.2 Å². The minimum atomic E-state index is -0.494. The van der Waals surface area contributed by atoms with Gasteiger partial charge in [-0.2, -0.15) is 4.99 Å². The summed E-state index contributed by atoms with van der Waals surface area (Å²) in [5, 5.41) is 0. The molecule has 0 N–H and O–H groups in total. The molecule has 0 fully saturated rings. The third kappa shape index (κ3) is 3.49. The predicted octanol–water partition coefficient (Wildman–Crippen LogP) is 3.17. The van der Waals surface area contributed by atoms with Crippen molar-refractivity contribution in [3.05, 3.63) is 65.0 Å². The standard InChI is InChI=1S/C19H15FN4O2S/c1-26-9-8-24-16-7-6-12(20)10-17(16)27-19(24)23-18(25)15-11-21-13-4-2-3-5-14(13)22-15/h2-7,10-11H,8-9H2,1H3. The van der Waals surface area contributed by atoms with Crippen LogP contribution in [0.2, 0.25) is 0 Å². The number of hydrogen-bond donors (Lipinski definition) is 0. The topological polar surface area (TPSA) is 69.4 Å². The second-order valence-electron chi connectivity index (χ2n) is 5.80. The Morgan fingerprint density at radius 2 is 2.07 bits per heavy atom. The van der Waals surface area contributed by atoms with Crippen LogP contribution in [0.3, 0.4) is 0 Å². The molecule has 1 amide bonds. The summed E-state index contributed by atoms with van der Waals surface area (Å²) in [5.41, 5.74) is 2.30. The number of benzene rings is 2. The summed E-state index contributed by atoms with van der Waals surface area (Å²) in [6.45, 7) is 0.942. The number of rotatable bonds is 4. The molecule has 0 spiro atoms. The molecule has 2 aromatic carbocycles. The van der Waals surface area contributed by atoms with Gasteiger partial charge in [-0.1, -0.05) is 23.5 Å². The Balaban J connectivity index is 1.81. The molecule has 0 aliphatic rings. The maximum atomic E-state index is 13.6. The van der Waals surface area contributed by atoms with Crippen molar-refractivity contribution in [1.29, 1.82) is 0 Å². The molecule has 2 heterocycles. The van der Waals surface area contributed by atoms with Crippen molar-refractivity contribution in [3.8, 4) is 0 Å². The first kappa shape index (κ1) is 17.4. The van der Waals surface area contributed by atoms with Crippen LogP contribution in [0, 0.1) is 5.82 Å². The van der Waals surface area contributed by atoms with Crippen LogP contribution in [0.5, 0.6) is 0 Å². The van der Waals surface area contributed by atoms with Gasteiger partial charge in [-0.15, -0.1) is 0 Å². The number of halogens is 1. The van der Waals surface area contributed by atoms with Crippen molar-refractivity contribution in [3.63, 3.8) is 0 Å². The van der Waals surface area contributed by atoms with Crippen molar-refractivity contribution in [2.75, 3.05) is 13.7 Å². The summed E-state index contributed by atoms with van der Waals surface area (Å²) in [4.78, 5) is 25.9. The minimum Gasteiger partial charge on any atom is -0.383 e. The molecule has 4 aromatic rings. The summed E-state index contributed by atoms with van der Waals surface area (Å²) < 4.78 is 21.3. The molecule has 2 aromatic heterocycles. The molecule has 136 valence electrons. The maximum absolute atomic E-state index is 13.6. The van der Waals surface area contributed by atoms with E-state index in [2.05, 4.69) is 15.0 Å². The summed E-state index contributed by atoms with van der Waals surface area (Å²) in [6.07, 6.45) is 1.42. The van der Waals surface area contributed by atoms with Crippen LogP contribution in [0.1, 0.15) is 10.5 Å². The van der Waals surface area contributed by atoms with Crippen LogP contribution in [0.4, 0.5) is 4.39 Å². The minimum absolute atomic E-state index is 0.163. The molecule has 0 radical (unpaired) electrons. The number of hydrogen-bond acceptors (Lipinski definition) is 5. The molecular weight excluding hydrogens is 367 g/mol. The van der Waals surface area contributed by atoms with Crippen LogP contribution in [0.15, 0.2) is 53.7 Å². The largest absolute Gasteiger partial charge is 0.383 e. The monoisotopic (exact) mass is 382 g/mol. The lowest BCUT2D eigenvalue weighted by molar-refractivity contribution is 0.0992. The smallest absolute Gasteiger partial charge is 0.299 e. The van der Waals surface area contributed by atoms with Crippen molar-refractivity contribution in [1.82, 2.24) is 14.5 Å². The Kier molecular flexibility index (Phi) is 4.74. The maximum Gasteiger partial charge on any atom is 0.299 e. The molecule has 0 bridgehead atoms. The fourth-order valence-electron chi connectivity index (χ4n) is 2.74. The first-order valence-electron chi connectivity index (χ1n) is 8.24. The van der Waals surface area contributed by atoms with E-state index in [1.165, 1.54) is 29.7 Å². The van der Waals surface area contributed by atoms with Crippen LogP contribution in [0.25, 0.3) is 21.3 Å². The van der Waals surface area contributed by atoms with E-state index in [4.69, 9.17) is 4.74 Å². The lowest BCUT2D eigenvalue weighted by Crippen LogP contribution is -2.19. The average molecular weight is 382 g/mol. The van der Waals surface area contributed by atoms with Crippen LogP contribution in [-0.2, 0) is 11.3 Å². The molecule has 6 nitrogen and oxygen atoms in total. The number of carbonyl (C=O) groups is 1. The van der Waals surface area contributed by atoms with Gasteiger partial charge in [0.2, 0.25) is 0 Å². The molecule has 8 heteroatoms. The number of thiazole rings is 1. The van der Waals surface area contributed by atoms with Gasteiger partial charge in [-0.3, -0.25) is 9.78 Å². The van der Waals surface area contributed by atoms with Crippen LogP contribution >= 0.6 is 11.3 Å². The van der Waals surface area contributed by atoms with Gasteiger partial charge in [0.1, 0.15) is 11.5 Å². The van der Waals surface area contributed by atoms with E-state index in [-0.39, 0.29) is 11.5 Å². The molecular formula is C19H15FN4O2S. The highest BCUT2D eigenvalue weighted by Gasteiger charge is 2.12. The van der Waals surface area contributed by atoms with Gasteiger partial charge in [0, 0.05) is 13.7 Å². The highest BCUT2D eigenvalue weighted by Crippen LogP contribution is 2.19. The van der Waals surface area contributed by atoms with E-state index < -0.39 is 5.91 Å². The Bertz CT molecular complexity index is 1220. The van der Waals surface area contributed by atoms with Gasteiger partial charge < -0.3 is 9.30 Å². The molecule has 4 rings (SSSR count). The SMILES string of the molecule is COCCn1c(=NC(=O)c2cnc3ccccc3n2)sc2cc(F)ccc21. The summed E-state index contributed by atoms with van der Waals surface area (Å²) in [6, 6.07) is 11.8. The fourth-order valence-corrected chi connectivity index (χ4v) is 3.81. The Labute approximate surface area is 157 Å². The first-order valence-corrected chi connectivity index (χ1v) is 9.06. The zero-order valence-corrected chi connectivity index (χ0v) is 15.2. The van der Waals surface area contributed by atoms with Crippen molar-refractivity contribution in [2.45, 2.75) is 6.54 Å². The van der Waals surface area contributed by atoms with Gasteiger partial charge in [0.15, 0.2) is 4.80 Å². The number of carbonyl (C=O) groups excluding carboxylic acids is 1. The normalized spacial score (nSPS) is 12.1. The number of fused-ring (bicyclic) bond motifs is 2. The highest BCUT2D eigenvalue weighted by molar-refractivity contribution is 7.16. The summed E-state index contributed by atoms with van der Waals surface area (Å²) in [7, 11) is 1.60. The van der Waals surface area contributed by atoms with Gasteiger partial charge in [0.25, 0.3) is 5.91 Å². The number of aromatic nitrogens is 3. The number of para-hydroxylation sites is 2. The van der Waals surface area contributed by atoms with Crippen molar-refractivity contribution >= 4 is 38.5 Å². The van der Waals surface area contributed by atoms with Crippen molar-refractivity contribution in [2.24, 2.45) is 4.99 Å². The van der Waals surface area contributed by atoms with E-state index in [1.807, 2.05) is 22.8 Å². The number of ether oxygens (including phenoxy) is 1. The number of nitrogens with zero attached hydrogens (tertiary/aromatic N) is 4. The summed E-state index contributed by atoms with van der Waals surface area (Å²) >= 11 is 1.25. The Hall–Kier alpha value is -2.97. The zero-order chi connectivity index (χ0) is 18.8. The number of methoxy groups -OCH3 is 1. The molecule has 0 aliphatic heterocycles. The van der Waals surface area contributed by atoms with E-state index >= 15 is 0 Å². The van der Waals surface area contributed by atoms with Gasteiger partial charge in [-0.05, 0) is 30.3 Å². The van der Waals surface area contributed by atoms with Crippen LogP contribution < -0.4 is 4.80 Å². The first-order chi connectivity index (χ1) is 13.2. The Morgan fingerprint density at radius 3 is 2.89 bits per heavy atom. The number of amides is 1. The van der Waals surface area contributed by atoms with Gasteiger partial charge >= 0.3 is 0 Å². The molecule has 0 unspecified atom stereocenters. The molecule has 0 saturated carbocycles. The quantitative estimate of drug-likeness (QED) is 0.544.